The van der Waals surface area contributed by atoms with Gasteiger partial charge in [0.05, 0.1) is 0 Å². The van der Waals surface area contributed by atoms with E-state index >= 15 is 0 Å². The minimum absolute atomic E-state index is 0.0838. The zero-order valence-corrected chi connectivity index (χ0v) is 15.3. The van der Waals surface area contributed by atoms with Gasteiger partial charge in [0.15, 0.2) is 5.82 Å². The third-order valence-corrected chi connectivity index (χ3v) is 5.34. The number of nitrogens with zero attached hydrogens (tertiary/aromatic N) is 4. The highest BCUT2D eigenvalue weighted by Gasteiger charge is 2.23. The molecule has 2 aromatic rings. The monoisotopic (exact) mass is 374 g/mol. The van der Waals surface area contributed by atoms with Crippen molar-refractivity contribution >= 4 is 32.4 Å². The van der Waals surface area contributed by atoms with Crippen LogP contribution in [-0.2, 0) is 26.7 Å². The molecule has 0 saturated heterocycles. The molecule has 0 radical (unpaired) electrons. The molecule has 0 aliphatic rings. The molecule has 2 aromatic heterocycles. The molecule has 10 nitrogen and oxygen atoms in total. The number of amides is 1. The molecule has 0 aliphatic heterocycles. The molecule has 2 rings (SSSR count). The van der Waals surface area contributed by atoms with Crippen molar-refractivity contribution in [1.29, 1.82) is 0 Å². The van der Waals surface area contributed by atoms with Crippen molar-refractivity contribution < 1.29 is 17.7 Å². The normalized spacial score (nSPS) is 12.3. The fourth-order valence-electron chi connectivity index (χ4n) is 1.54. The maximum absolute atomic E-state index is 12.1. The third-order valence-electron chi connectivity index (χ3n) is 2.67. The summed E-state index contributed by atoms with van der Waals surface area (Å²) in [6, 6.07) is 0. The van der Waals surface area contributed by atoms with Crippen molar-refractivity contribution in [2.24, 2.45) is 0 Å². The molecule has 0 aromatic carbocycles. The smallest absolute Gasteiger partial charge is 0.269 e. The average Bonchev–Trinajstić information content (AvgIpc) is 3.06. The van der Waals surface area contributed by atoms with E-state index in [2.05, 4.69) is 30.4 Å². The summed E-state index contributed by atoms with van der Waals surface area (Å²) in [7, 11) is -3.81. The molecule has 0 unspecified atom stereocenters. The van der Waals surface area contributed by atoms with E-state index in [9.17, 15) is 13.2 Å². The SMILES string of the molecule is CC(=O)Nc1nnc(S(=O)(=O)NCCc2noc(C(C)(C)C)n2)s1. The van der Waals surface area contributed by atoms with Crippen LogP contribution < -0.4 is 10.0 Å². The van der Waals surface area contributed by atoms with Gasteiger partial charge in [-0.2, -0.15) is 4.98 Å². The second-order valence-electron chi connectivity index (χ2n) is 5.97. The van der Waals surface area contributed by atoms with Crippen molar-refractivity contribution in [3.05, 3.63) is 11.7 Å². The van der Waals surface area contributed by atoms with Crippen molar-refractivity contribution in [3.63, 3.8) is 0 Å². The van der Waals surface area contributed by atoms with Gasteiger partial charge >= 0.3 is 0 Å². The Balaban J connectivity index is 1.94. The molecule has 0 bridgehead atoms. The molecule has 0 spiro atoms. The fraction of sp³-hybridized carbons (Fsp3) is 0.583. The van der Waals surface area contributed by atoms with Gasteiger partial charge in [-0.1, -0.05) is 37.3 Å². The predicted molar refractivity (Wildman–Crippen MR) is 86.1 cm³/mol. The summed E-state index contributed by atoms with van der Waals surface area (Å²) in [4.78, 5) is 15.1. The minimum Gasteiger partial charge on any atom is -0.339 e. The molecule has 0 saturated carbocycles. The highest BCUT2D eigenvalue weighted by molar-refractivity contribution is 7.91. The average molecular weight is 374 g/mol. The van der Waals surface area contributed by atoms with E-state index in [0.29, 0.717) is 11.7 Å². The van der Waals surface area contributed by atoms with Gasteiger partial charge in [0.1, 0.15) is 0 Å². The summed E-state index contributed by atoms with van der Waals surface area (Å²) >= 11 is 0.767. The van der Waals surface area contributed by atoms with Crippen molar-refractivity contribution in [1.82, 2.24) is 25.1 Å². The minimum atomic E-state index is -3.81. The highest BCUT2D eigenvalue weighted by atomic mass is 32.2. The van der Waals surface area contributed by atoms with Gasteiger partial charge in [0.25, 0.3) is 10.0 Å². The molecule has 2 N–H and O–H groups in total. The van der Waals surface area contributed by atoms with Crippen LogP contribution in [0.15, 0.2) is 8.86 Å². The first-order valence-corrected chi connectivity index (χ1v) is 9.32. The van der Waals surface area contributed by atoms with Crippen LogP contribution >= 0.6 is 11.3 Å². The molecule has 0 aliphatic carbocycles. The summed E-state index contributed by atoms with van der Waals surface area (Å²) in [5.41, 5.74) is -0.266. The van der Waals surface area contributed by atoms with Crippen LogP contribution in [-0.4, -0.2) is 41.2 Å². The summed E-state index contributed by atoms with van der Waals surface area (Å²) in [5.74, 6) is 0.554. The lowest BCUT2D eigenvalue weighted by Gasteiger charge is -2.10. The number of rotatable bonds is 6. The Labute approximate surface area is 143 Å². The van der Waals surface area contributed by atoms with Gasteiger partial charge in [-0.25, -0.2) is 13.1 Å². The molecular formula is C12H18N6O4S2. The van der Waals surface area contributed by atoms with E-state index in [4.69, 9.17) is 4.52 Å². The van der Waals surface area contributed by atoms with Crippen molar-refractivity contribution in [2.75, 3.05) is 11.9 Å². The Morgan fingerprint density at radius 1 is 1.29 bits per heavy atom. The van der Waals surface area contributed by atoms with E-state index in [0.717, 1.165) is 11.3 Å². The van der Waals surface area contributed by atoms with E-state index in [1.807, 2.05) is 20.8 Å². The summed E-state index contributed by atoms with van der Waals surface area (Å²) in [5, 5.41) is 13.5. The summed E-state index contributed by atoms with van der Waals surface area (Å²) in [6.45, 7) is 7.20. The van der Waals surface area contributed by atoms with Gasteiger partial charge < -0.3 is 9.84 Å². The van der Waals surface area contributed by atoms with Gasteiger partial charge in [0.2, 0.25) is 21.3 Å². The largest absolute Gasteiger partial charge is 0.339 e. The van der Waals surface area contributed by atoms with Crippen LogP contribution in [0.4, 0.5) is 5.13 Å². The zero-order chi connectivity index (χ0) is 18.0. The number of sulfonamides is 1. The lowest BCUT2D eigenvalue weighted by atomic mass is 9.97. The van der Waals surface area contributed by atoms with Crippen molar-refractivity contribution in [3.8, 4) is 0 Å². The predicted octanol–water partition coefficient (Wildman–Crippen LogP) is 0.698. The maximum atomic E-state index is 12.1. The fourth-order valence-corrected chi connectivity index (χ4v) is 3.56. The number of aromatic nitrogens is 4. The second kappa shape index (κ2) is 6.91. The van der Waals surface area contributed by atoms with Crippen LogP contribution in [0.25, 0.3) is 0 Å². The first-order chi connectivity index (χ1) is 11.1. The number of carbonyl (C=O) groups is 1. The molecule has 0 atom stereocenters. The van der Waals surface area contributed by atoms with Gasteiger partial charge in [-0.05, 0) is 0 Å². The zero-order valence-electron chi connectivity index (χ0n) is 13.7. The first-order valence-electron chi connectivity index (χ1n) is 7.02. The number of nitrogens with one attached hydrogen (secondary N) is 2. The lowest BCUT2D eigenvalue weighted by molar-refractivity contribution is -0.114. The molecular weight excluding hydrogens is 356 g/mol. The Hall–Kier alpha value is -1.92. The Kier molecular flexibility index (Phi) is 5.30. The molecule has 1 amide bonds. The first kappa shape index (κ1) is 18.4. The molecule has 24 heavy (non-hydrogen) atoms. The maximum Gasteiger partial charge on any atom is 0.269 e. The number of anilines is 1. The number of hydrogen-bond acceptors (Lipinski definition) is 9. The van der Waals surface area contributed by atoms with E-state index in [-0.39, 0.29) is 33.8 Å². The summed E-state index contributed by atoms with van der Waals surface area (Å²) in [6.07, 6.45) is 0.274. The quantitative estimate of drug-likeness (QED) is 0.704. The van der Waals surface area contributed by atoms with Crippen LogP contribution in [0, 0.1) is 0 Å². The Morgan fingerprint density at radius 3 is 2.58 bits per heavy atom. The van der Waals surface area contributed by atoms with Crippen molar-refractivity contribution in [2.45, 2.75) is 43.9 Å². The number of hydrogen-bond donors (Lipinski definition) is 2. The standard InChI is InChI=1S/C12H18N6O4S2/c1-7(19)14-10-16-17-11(23-10)24(20,21)13-6-5-8-15-9(22-18-8)12(2,3)4/h13H,5-6H2,1-4H3,(H,14,16,19). The van der Waals surface area contributed by atoms with Gasteiger partial charge in [-0.15, -0.1) is 10.2 Å². The van der Waals surface area contributed by atoms with Crippen LogP contribution in [0.3, 0.4) is 0 Å². The second-order valence-corrected chi connectivity index (χ2v) is 8.89. The van der Waals surface area contributed by atoms with Crippen LogP contribution in [0.2, 0.25) is 0 Å². The number of carbonyl (C=O) groups excluding carboxylic acids is 1. The lowest BCUT2D eigenvalue weighted by Crippen LogP contribution is -2.26. The molecule has 132 valence electrons. The van der Waals surface area contributed by atoms with Crippen LogP contribution in [0.1, 0.15) is 39.4 Å². The highest BCUT2D eigenvalue weighted by Crippen LogP contribution is 2.20. The van der Waals surface area contributed by atoms with E-state index in [1.165, 1.54) is 6.92 Å². The molecule has 2 heterocycles. The van der Waals surface area contributed by atoms with Gasteiger partial charge in [-0.3, -0.25) is 4.79 Å². The van der Waals surface area contributed by atoms with Gasteiger partial charge in [0, 0.05) is 25.3 Å². The van der Waals surface area contributed by atoms with E-state index in [1.54, 1.807) is 0 Å². The summed E-state index contributed by atoms with van der Waals surface area (Å²) < 4.78 is 31.5. The topological polar surface area (TPSA) is 140 Å². The Bertz CT molecular complexity index is 821. The molecule has 0 fully saturated rings. The molecule has 12 heteroatoms. The van der Waals surface area contributed by atoms with E-state index < -0.39 is 10.0 Å². The Morgan fingerprint density at radius 2 is 2.00 bits per heavy atom. The third kappa shape index (κ3) is 4.79. The van der Waals surface area contributed by atoms with Crippen LogP contribution in [0.5, 0.6) is 0 Å².